The van der Waals surface area contributed by atoms with Gasteiger partial charge in [-0.3, -0.25) is 9.79 Å². The molecule has 0 aliphatic carbocycles. The van der Waals surface area contributed by atoms with Gasteiger partial charge in [0.1, 0.15) is 5.66 Å². The van der Waals surface area contributed by atoms with Crippen LogP contribution in [-0.4, -0.2) is 33.1 Å². The molecule has 1 unspecified atom stereocenters. The minimum absolute atomic E-state index is 0.100. The SMILES string of the molecule is CCCCCCCCCCCCCC1(CCCC(=O)O)N=C(C)C(C)(C)N1[O]. The van der Waals surface area contributed by atoms with Crippen molar-refractivity contribution in [2.24, 2.45) is 4.99 Å². The number of hydroxylamine groups is 2. The highest BCUT2D eigenvalue weighted by Gasteiger charge is 2.51. The lowest BCUT2D eigenvalue weighted by molar-refractivity contribution is -0.254. The predicted octanol–water partition coefficient (Wildman–Crippen LogP) is 6.54. The Kier molecular flexibility index (Phi) is 11.3. The molecule has 1 N–H and O–H groups in total. The topological polar surface area (TPSA) is 72.8 Å². The smallest absolute Gasteiger partial charge is 0.303 e. The predicted molar refractivity (Wildman–Crippen MR) is 115 cm³/mol. The number of hydrogen-bond donors (Lipinski definition) is 1. The van der Waals surface area contributed by atoms with Gasteiger partial charge in [-0.2, -0.15) is 0 Å². The first-order chi connectivity index (χ1) is 13.3. The number of aliphatic imine (C=N–C) groups is 1. The number of rotatable bonds is 16. The van der Waals surface area contributed by atoms with Crippen LogP contribution in [0.25, 0.3) is 0 Å². The van der Waals surface area contributed by atoms with Crippen molar-refractivity contribution in [3.05, 3.63) is 0 Å². The Hall–Kier alpha value is -0.940. The summed E-state index contributed by atoms with van der Waals surface area (Å²) in [5, 5.41) is 23.1. The van der Waals surface area contributed by atoms with E-state index in [0.717, 1.165) is 30.0 Å². The van der Waals surface area contributed by atoms with Crippen LogP contribution in [0.15, 0.2) is 4.99 Å². The molecule has 1 heterocycles. The van der Waals surface area contributed by atoms with Gasteiger partial charge in [-0.15, -0.1) is 10.3 Å². The fraction of sp³-hybridized carbons (Fsp3) is 0.913. The van der Waals surface area contributed by atoms with Crippen molar-refractivity contribution in [3.63, 3.8) is 0 Å². The van der Waals surface area contributed by atoms with E-state index in [4.69, 9.17) is 10.1 Å². The molecule has 0 spiro atoms. The maximum Gasteiger partial charge on any atom is 0.303 e. The summed E-state index contributed by atoms with van der Waals surface area (Å²) in [6.07, 6.45) is 15.9. The first kappa shape index (κ1) is 25.1. The third kappa shape index (κ3) is 7.82. The zero-order valence-corrected chi connectivity index (χ0v) is 18.8. The first-order valence-corrected chi connectivity index (χ1v) is 11.5. The highest BCUT2D eigenvalue weighted by atomic mass is 16.5. The molecule has 5 heteroatoms. The third-order valence-electron chi connectivity index (χ3n) is 6.30. The zero-order valence-electron chi connectivity index (χ0n) is 18.8. The molecule has 1 atom stereocenters. The molecule has 0 aromatic carbocycles. The van der Waals surface area contributed by atoms with Crippen LogP contribution in [0.4, 0.5) is 0 Å². The fourth-order valence-corrected chi connectivity index (χ4v) is 4.20. The number of nitrogens with zero attached hydrogens (tertiary/aromatic N) is 2. The summed E-state index contributed by atoms with van der Waals surface area (Å²) < 4.78 is 0. The van der Waals surface area contributed by atoms with Crippen LogP contribution < -0.4 is 0 Å². The molecule has 0 saturated heterocycles. The molecule has 0 saturated carbocycles. The number of carbonyl (C=O) groups is 1. The molecule has 0 amide bonds. The standard InChI is InChI=1S/C23H43N2O3/c1-5-6-7-8-9-10-11-12-13-14-15-18-23(19-16-17-21(26)27)24-20(2)22(3,4)25(23)28/h5-19H2,1-4H3,(H,26,27). The Morgan fingerprint density at radius 3 is 1.79 bits per heavy atom. The van der Waals surface area contributed by atoms with Crippen LogP contribution in [0, 0.1) is 0 Å². The molecule has 163 valence electrons. The van der Waals surface area contributed by atoms with Crippen LogP contribution >= 0.6 is 0 Å². The second-order valence-electron chi connectivity index (χ2n) is 9.07. The first-order valence-electron chi connectivity index (χ1n) is 11.5. The Morgan fingerprint density at radius 1 is 0.893 bits per heavy atom. The molecule has 5 nitrogen and oxygen atoms in total. The lowest BCUT2D eigenvalue weighted by Gasteiger charge is -2.36. The largest absolute Gasteiger partial charge is 0.481 e. The minimum atomic E-state index is -0.805. The third-order valence-corrected chi connectivity index (χ3v) is 6.30. The average molecular weight is 396 g/mol. The highest BCUT2D eigenvalue weighted by molar-refractivity contribution is 5.92. The monoisotopic (exact) mass is 395 g/mol. The second-order valence-corrected chi connectivity index (χ2v) is 9.07. The van der Waals surface area contributed by atoms with Gasteiger partial charge in [-0.25, -0.2) is 0 Å². The molecule has 1 radical (unpaired) electrons. The Labute approximate surface area is 172 Å². The van der Waals surface area contributed by atoms with Gasteiger partial charge in [0.15, 0.2) is 0 Å². The van der Waals surface area contributed by atoms with Gasteiger partial charge >= 0.3 is 5.97 Å². The van der Waals surface area contributed by atoms with Gasteiger partial charge in [0, 0.05) is 12.1 Å². The summed E-state index contributed by atoms with van der Waals surface area (Å²) in [6.45, 7) is 8.00. The van der Waals surface area contributed by atoms with Gasteiger partial charge in [0.05, 0.1) is 5.54 Å². The van der Waals surface area contributed by atoms with Crippen molar-refractivity contribution in [2.45, 2.75) is 135 Å². The molecule has 1 aliphatic heterocycles. The van der Waals surface area contributed by atoms with E-state index >= 15 is 0 Å². The number of unbranched alkanes of at least 4 members (excludes halogenated alkanes) is 10. The van der Waals surface area contributed by atoms with Crippen LogP contribution in [0.1, 0.15) is 124 Å². The zero-order chi connectivity index (χ0) is 21.0. The van der Waals surface area contributed by atoms with Crippen molar-refractivity contribution in [1.29, 1.82) is 0 Å². The van der Waals surface area contributed by atoms with Crippen LogP contribution in [0.3, 0.4) is 0 Å². The highest BCUT2D eigenvalue weighted by Crippen LogP contribution is 2.40. The van der Waals surface area contributed by atoms with Crippen molar-refractivity contribution < 1.29 is 15.1 Å². The second kappa shape index (κ2) is 12.6. The van der Waals surface area contributed by atoms with E-state index in [0.29, 0.717) is 12.8 Å². The molecule has 0 bridgehead atoms. The summed E-state index contributed by atoms with van der Waals surface area (Å²) in [5.74, 6) is -0.805. The molecule has 0 aromatic heterocycles. The fourth-order valence-electron chi connectivity index (χ4n) is 4.20. The van der Waals surface area contributed by atoms with Crippen LogP contribution in [-0.2, 0) is 10.0 Å². The van der Waals surface area contributed by atoms with Crippen LogP contribution in [0.2, 0.25) is 0 Å². The lowest BCUT2D eigenvalue weighted by atomic mass is 9.93. The summed E-state index contributed by atoms with van der Waals surface area (Å²) in [4.78, 5) is 15.7. The van der Waals surface area contributed by atoms with Gasteiger partial charge in [0.25, 0.3) is 0 Å². The van der Waals surface area contributed by atoms with E-state index in [1.54, 1.807) is 0 Å². The van der Waals surface area contributed by atoms with Crippen molar-refractivity contribution in [1.82, 2.24) is 5.06 Å². The number of hydrogen-bond acceptors (Lipinski definition) is 3. The van der Waals surface area contributed by atoms with E-state index in [1.165, 1.54) is 57.8 Å². The molecular weight excluding hydrogens is 352 g/mol. The summed E-state index contributed by atoms with van der Waals surface area (Å²) >= 11 is 0. The normalized spacial score (nSPS) is 21.8. The molecule has 0 fully saturated rings. The summed E-state index contributed by atoms with van der Waals surface area (Å²) in [6, 6.07) is 0. The van der Waals surface area contributed by atoms with Gasteiger partial charge in [0.2, 0.25) is 0 Å². The van der Waals surface area contributed by atoms with E-state index in [2.05, 4.69) is 6.92 Å². The van der Waals surface area contributed by atoms with E-state index in [1.807, 2.05) is 20.8 Å². The Bertz CT molecular complexity index is 490. The van der Waals surface area contributed by atoms with Crippen molar-refractivity contribution >= 4 is 11.7 Å². The van der Waals surface area contributed by atoms with Crippen molar-refractivity contribution in [3.8, 4) is 0 Å². The number of carboxylic acid groups (broad SMARTS) is 1. The number of aliphatic carboxylic acids is 1. The van der Waals surface area contributed by atoms with Gasteiger partial charge in [-0.05, 0) is 46.5 Å². The maximum absolute atomic E-state index is 13.0. The van der Waals surface area contributed by atoms with E-state index in [9.17, 15) is 10.0 Å². The quantitative estimate of drug-likeness (QED) is 0.302. The van der Waals surface area contributed by atoms with E-state index < -0.39 is 17.2 Å². The Balaban J connectivity index is 2.34. The van der Waals surface area contributed by atoms with Gasteiger partial charge < -0.3 is 5.11 Å². The molecule has 1 aliphatic rings. The average Bonchev–Trinajstić information content (AvgIpc) is 2.80. The van der Waals surface area contributed by atoms with Crippen molar-refractivity contribution in [2.75, 3.05) is 0 Å². The maximum atomic E-state index is 13.0. The minimum Gasteiger partial charge on any atom is -0.481 e. The number of carboxylic acids is 1. The lowest BCUT2D eigenvalue weighted by Crippen LogP contribution is -2.51. The van der Waals surface area contributed by atoms with Gasteiger partial charge in [-0.1, -0.05) is 71.1 Å². The molecular formula is C23H43N2O3. The summed E-state index contributed by atoms with van der Waals surface area (Å²) in [7, 11) is 0. The molecule has 28 heavy (non-hydrogen) atoms. The summed E-state index contributed by atoms with van der Waals surface area (Å²) in [5.41, 5.74) is -0.496. The molecule has 1 rings (SSSR count). The molecule has 0 aromatic rings. The Morgan fingerprint density at radius 2 is 1.36 bits per heavy atom. The van der Waals surface area contributed by atoms with E-state index in [-0.39, 0.29) is 6.42 Å². The van der Waals surface area contributed by atoms with Crippen LogP contribution in [0.5, 0.6) is 0 Å².